The van der Waals surface area contributed by atoms with Gasteiger partial charge >= 0.3 is 0 Å². The second-order valence-electron chi connectivity index (χ2n) is 7.39. The second kappa shape index (κ2) is 19.4. The summed E-state index contributed by atoms with van der Waals surface area (Å²) in [5.41, 5.74) is 0. The van der Waals surface area contributed by atoms with E-state index in [4.69, 9.17) is 4.55 Å². The van der Waals surface area contributed by atoms with Crippen molar-refractivity contribution in [2.24, 2.45) is 0 Å². The van der Waals surface area contributed by atoms with Gasteiger partial charge in [0.1, 0.15) is 0 Å². The Morgan fingerprint density at radius 1 is 0.654 bits per heavy atom. The Kier molecular flexibility index (Phi) is 19.1. The van der Waals surface area contributed by atoms with Crippen LogP contribution >= 0.6 is 0 Å². The molecule has 0 radical (unpaired) electrons. The first-order chi connectivity index (χ1) is 12.6. The van der Waals surface area contributed by atoms with Crippen molar-refractivity contribution < 1.29 is 13.0 Å². The summed E-state index contributed by atoms with van der Waals surface area (Å²) in [6.45, 7) is 1.15. The Hall–Kier alpha value is -0.390. The van der Waals surface area contributed by atoms with Gasteiger partial charge in [-0.2, -0.15) is 8.42 Å². The molecule has 0 bridgehead atoms. The van der Waals surface area contributed by atoms with Gasteiger partial charge in [0.05, 0.1) is 5.75 Å². The first-order valence-electron chi connectivity index (χ1n) is 10.8. The van der Waals surface area contributed by atoms with Gasteiger partial charge < -0.3 is 5.32 Å². The zero-order valence-corrected chi connectivity index (χ0v) is 17.9. The van der Waals surface area contributed by atoms with Crippen molar-refractivity contribution in [1.82, 2.24) is 5.32 Å². The molecule has 0 rings (SSSR count). The Morgan fingerprint density at radius 2 is 1.04 bits per heavy atom. The molecule has 0 saturated heterocycles. The number of allylic oxidation sites excluding steroid dienone is 2. The maximum Gasteiger partial charge on any atom is 0.264 e. The molecule has 0 spiro atoms. The highest BCUT2D eigenvalue weighted by Gasteiger charge is 2.02. The van der Waals surface area contributed by atoms with Gasteiger partial charge in [0.2, 0.25) is 0 Å². The summed E-state index contributed by atoms with van der Waals surface area (Å²) in [4.78, 5) is 0. The molecule has 0 aromatic heterocycles. The van der Waals surface area contributed by atoms with E-state index in [2.05, 4.69) is 17.5 Å². The quantitative estimate of drug-likeness (QED) is 0.155. The highest BCUT2D eigenvalue weighted by atomic mass is 32.2. The van der Waals surface area contributed by atoms with Crippen LogP contribution in [0.25, 0.3) is 0 Å². The van der Waals surface area contributed by atoms with Crippen molar-refractivity contribution in [3.05, 3.63) is 12.2 Å². The average molecular weight is 390 g/mol. The summed E-state index contributed by atoms with van der Waals surface area (Å²) in [6, 6.07) is 0. The number of hydrogen-bond donors (Lipinski definition) is 2. The molecule has 2 N–H and O–H groups in total. The van der Waals surface area contributed by atoms with Gasteiger partial charge in [-0.25, -0.2) is 0 Å². The van der Waals surface area contributed by atoms with Crippen LogP contribution < -0.4 is 5.32 Å². The van der Waals surface area contributed by atoms with E-state index in [-0.39, 0.29) is 5.75 Å². The first-order valence-corrected chi connectivity index (χ1v) is 12.4. The van der Waals surface area contributed by atoms with Crippen molar-refractivity contribution in [1.29, 1.82) is 0 Å². The fraction of sp³-hybridized carbons (Fsp3) is 0.905. The summed E-state index contributed by atoms with van der Waals surface area (Å²) < 4.78 is 29.8. The molecule has 0 aliphatic carbocycles. The lowest BCUT2D eigenvalue weighted by Crippen LogP contribution is -2.06. The largest absolute Gasteiger partial charge is 0.320 e. The maximum absolute atomic E-state index is 10.6. The van der Waals surface area contributed by atoms with Crippen molar-refractivity contribution in [2.45, 2.75) is 103 Å². The molecule has 0 amide bonds. The van der Waals surface area contributed by atoms with Crippen molar-refractivity contribution in [2.75, 3.05) is 19.3 Å². The number of unbranched alkanes of at least 4 members (excludes halogenated alkanes) is 14. The van der Waals surface area contributed by atoms with Gasteiger partial charge in [-0.15, -0.1) is 0 Å². The smallest absolute Gasteiger partial charge is 0.264 e. The van der Waals surface area contributed by atoms with E-state index in [1.165, 1.54) is 83.5 Å². The van der Waals surface area contributed by atoms with E-state index in [0.29, 0.717) is 6.42 Å². The molecule has 0 heterocycles. The fourth-order valence-electron chi connectivity index (χ4n) is 3.11. The van der Waals surface area contributed by atoms with Crippen LogP contribution in [0.3, 0.4) is 0 Å². The zero-order chi connectivity index (χ0) is 19.3. The SMILES string of the molecule is CNCCCCCCCCC=CCCCCCCCCCCS(=O)(=O)O. The lowest BCUT2D eigenvalue weighted by Gasteiger charge is -2.01. The van der Waals surface area contributed by atoms with Crippen LogP contribution in [-0.2, 0) is 10.1 Å². The normalized spacial score (nSPS) is 12.2. The standard InChI is InChI=1S/C21H43NO3S/c1-22-20-18-16-14-12-10-8-6-4-2-3-5-7-9-11-13-15-17-19-21-26(23,24)25/h2,4,22H,3,5-21H2,1H3,(H,23,24,25). The predicted molar refractivity (Wildman–Crippen MR) is 113 cm³/mol. The van der Waals surface area contributed by atoms with E-state index in [0.717, 1.165) is 19.4 Å². The Labute approximate surface area is 163 Å². The second-order valence-corrected chi connectivity index (χ2v) is 8.96. The lowest BCUT2D eigenvalue weighted by atomic mass is 10.1. The highest BCUT2D eigenvalue weighted by molar-refractivity contribution is 7.85. The molecule has 156 valence electrons. The van der Waals surface area contributed by atoms with E-state index in [1.807, 2.05) is 7.05 Å². The monoisotopic (exact) mass is 389 g/mol. The maximum atomic E-state index is 10.6. The van der Waals surface area contributed by atoms with Crippen LogP contribution in [0.4, 0.5) is 0 Å². The van der Waals surface area contributed by atoms with Crippen LogP contribution in [0.1, 0.15) is 103 Å². The minimum atomic E-state index is -3.76. The van der Waals surface area contributed by atoms with Gasteiger partial charge in [-0.3, -0.25) is 4.55 Å². The highest BCUT2D eigenvalue weighted by Crippen LogP contribution is 2.11. The van der Waals surface area contributed by atoms with Crippen LogP contribution in [0, 0.1) is 0 Å². The number of rotatable bonds is 20. The van der Waals surface area contributed by atoms with E-state index < -0.39 is 10.1 Å². The third-order valence-corrected chi connectivity index (χ3v) is 5.54. The molecule has 0 aliphatic heterocycles. The first kappa shape index (κ1) is 25.6. The van der Waals surface area contributed by atoms with Crippen LogP contribution in [0.15, 0.2) is 12.2 Å². The van der Waals surface area contributed by atoms with Crippen molar-refractivity contribution >= 4 is 10.1 Å². The molecule has 0 unspecified atom stereocenters. The third-order valence-electron chi connectivity index (χ3n) is 4.74. The van der Waals surface area contributed by atoms with Gasteiger partial charge in [-0.05, 0) is 52.1 Å². The molecular weight excluding hydrogens is 346 g/mol. The molecule has 26 heavy (non-hydrogen) atoms. The molecule has 0 fully saturated rings. The molecule has 0 aliphatic rings. The van der Waals surface area contributed by atoms with Crippen molar-refractivity contribution in [3.63, 3.8) is 0 Å². The Morgan fingerprint density at radius 3 is 1.46 bits per heavy atom. The lowest BCUT2D eigenvalue weighted by molar-refractivity contribution is 0.478. The van der Waals surface area contributed by atoms with E-state index in [9.17, 15) is 8.42 Å². The van der Waals surface area contributed by atoms with E-state index in [1.54, 1.807) is 0 Å². The number of hydrogen-bond acceptors (Lipinski definition) is 3. The fourth-order valence-corrected chi connectivity index (χ4v) is 3.68. The summed E-state index contributed by atoms with van der Waals surface area (Å²) in [5.74, 6) is -0.0873. The van der Waals surface area contributed by atoms with Crippen LogP contribution in [0.5, 0.6) is 0 Å². The molecular formula is C21H43NO3S. The summed E-state index contributed by atoms with van der Waals surface area (Å²) >= 11 is 0. The minimum Gasteiger partial charge on any atom is -0.320 e. The van der Waals surface area contributed by atoms with E-state index >= 15 is 0 Å². The van der Waals surface area contributed by atoms with Crippen LogP contribution in [-0.4, -0.2) is 32.3 Å². The summed E-state index contributed by atoms with van der Waals surface area (Å²) in [7, 11) is -1.74. The van der Waals surface area contributed by atoms with Gasteiger partial charge in [0, 0.05) is 0 Å². The Bertz CT molecular complexity index is 407. The molecule has 0 saturated carbocycles. The van der Waals surface area contributed by atoms with Gasteiger partial charge in [0.25, 0.3) is 10.1 Å². The molecule has 4 nitrogen and oxygen atoms in total. The predicted octanol–water partition coefficient (Wildman–Crippen LogP) is 5.89. The average Bonchev–Trinajstić information content (AvgIpc) is 2.59. The summed E-state index contributed by atoms with van der Waals surface area (Å²) in [6.07, 6.45) is 24.1. The molecule has 5 heteroatoms. The summed E-state index contributed by atoms with van der Waals surface area (Å²) in [5, 5.41) is 3.19. The zero-order valence-electron chi connectivity index (χ0n) is 17.1. The van der Waals surface area contributed by atoms with Gasteiger partial charge in [0.15, 0.2) is 0 Å². The third kappa shape index (κ3) is 23.6. The Balaban J connectivity index is 3.13. The van der Waals surface area contributed by atoms with Gasteiger partial charge in [-0.1, -0.05) is 76.4 Å². The number of nitrogens with one attached hydrogen (secondary N) is 1. The van der Waals surface area contributed by atoms with Crippen molar-refractivity contribution in [3.8, 4) is 0 Å². The molecule has 0 aromatic rings. The minimum absolute atomic E-state index is 0.0873. The molecule has 0 aromatic carbocycles. The molecule has 0 atom stereocenters. The van der Waals surface area contributed by atoms with Crippen LogP contribution in [0.2, 0.25) is 0 Å². The topological polar surface area (TPSA) is 66.4 Å².